The first kappa shape index (κ1) is 14.3. The van der Waals surface area contributed by atoms with E-state index in [0.29, 0.717) is 12.0 Å². The fraction of sp³-hybridized carbons (Fsp3) is 1.00. The van der Waals surface area contributed by atoms with Crippen LogP contribution in [0.3, 0.4) is 0 Å². The van der Waals surface area contributed by atoms with Gasteiger partial charge in [-0.2, -0.15) is 0 Å². The van der Waals surface area contributed by atoms with Crippen LogP contribution in [0.1, 0.15) is 51.9 Å². The summed E-state index contributed by atoms with van der Waals surface area (Å²) < 4.78 is 0. The van der Waals surface area contributed by atoms with E-state index in [1.54, 1.807) is 0 Å². The summed E-state index contributed by atoms with van der Waals surface area (Å²) in [6, 6.07) is 0.819. The first-order valence-electron chi connectivity index (χ1n) is 7.84. The Balaban J connectivity index is 1.85. The number of aliphatic hydroxyl groups is 1. The minimum absolute atomic E-state index is 0.298. The van der Waals surface area contributed by atoms with Gasteiger partial charge < -0.3 is 15.3 Å². The molecule has 18 heavy (non-hydrogen) atoms. The molecule has 0 aliphatic heterocycles. The fourth-order valence-corrected chi connectivity index (χ4v) is 3.37. The third kappa shape index (κ3) is 4.22. The quantitative estimate of drug-likeness (QED) is 0.660. The minimum atomic E-state index is 0.298. The van der Waals surface area contributed by atoms with Gasteiger partial charge in [0.25, 0.3) is 0 Å². The van der Waals surface area contributed by atoms with E-state index in [4.69, 9.17) is 0 Å². The number of hydrogen-bond donors (Lipinski definition) is 2. The third-order valence-electron chi connectivity index (χ3n) is 4.52. The highest BCUT2D eigenvalue weighted by atomic mass is 16.3. The van der Waals surface area contributed by atoms with Crippen LogP contribution in [0.15, 0.2) is 0 Å². The Morgan fingerprint density at radius 2 is 1.94 bits per heavy atom. The molecule has 2 aliphatic rings. The Kier molecular flexibility index (Phi) is 5.46. The van der Waals surface area contributed by atoms with Gasteiger partial charge in [0, 0.05) is 25.7 Å². The van der Waals surface area contributed by atoms with Crippen LogP contribution < -0.4 is 5.32 Å². The molecule has 0 aromatic carbocycles. The van der Waals surface area contributed by atoms with E-state index in [2.05, 4.69) is 17.1 Å². The van der Waals surface area contributed by atoms with E-state index < -0.39 is 0 Å². The molecule has 2 rings (SSSR count). The summed E-state index contributed by atoms with van der Waals surface area (Å²) >= 11 is 0. The summed E-state index contributed by atoms with van der Waals surface area (Å²) in [5.74, 6) is 0. The van der Waals surface area contributed by atoms with Crippen molar-refractivity contribution in [2.24, 2.45) is 5.41 Å². The molecule has 2 saturated carbocycles. The number of nitrogens with zero attached hydrogens (tertiary/aromatic N) is 1. The van der Waals surface area contributed by atoms with Gasteiger partial charge in [0.1, 0.15) is 0 Å². The fourth-order valence-electron chi connectivity index (χ4n) is 3.37. The second kappa shape index (κ2) is 6.88. The van der Waals surface area contributed by atoms with Crippen LogP contribution in [0.25, 0.3) is 0 Å². The topological polar surface area (TPSA) is 35.5 Å². The molecule has 0 unspecified atom stereocenters. The largest absolute Gasteiger partial charge is 0.395 e. The molecular formula is C15H30N2O. The van der Waals surface area contributed by atoms with Gasteiger partial charge in [-0.3, -0.25) is 0 Å². The Bertz CT molecular complexity index is 229. The highest BCUT2D eigenvalue weighted by Crippen LogP contribution is 2.39. The Morgan fingerprint density at radius 1 is 1.22 bits per heavy atom. The minimum Gasteiger partial charge on any atom is -0.395 e. The summed E-state index contributed by atoms with van der Waals surface area (Å²) in [6.07, 6.45) is 9.48. The maximum Gasteiger partial charge on any atom is 0.0558 e. The van der Waals surface area contributed by atoms with Crippen molar-refractivity contribution in [2.45, 2.75) is 57.9 Å². The van der Waals surface area contributed by atoms with Gasteiger partial charge in [-0.05, 0) is 44.1 Å². The lowest BCUT2D eigenvalue weighted by Gasteiger charge is -2.35. The van der Waals surface area contributed by atoms with Crippen molar-refractivity contribution < 1.29 is 5.11 Å². The second-order valence-corrected chi connectivity index (χ2v) is 6.36. The van der Waals surface area contributed by atoms with Crippen LogP contribution >= 0.6 is 0 Å². The molecule has 0 aromatic rings. The van der Waals surface area contributed by atoms with E-state index >= 15 is 0 Å². The van der Waals surface area contributed by atoms with E-state index in [1.807, 2.05) is 0 Å². The smallest absolute Gasteiger partial charge is 0.0558 e. The highest BCUT2D eigenvalue weighted by Gasteiger charge is 2.36. The first-order valence-corrected chi connectivity index (χ1v) is 7.84. The van der Waals surface area contributed by atoms with Crippen molar-refractivity contribution in [1.82, 2.24) is 10.2 Å². The molecule has 0 heterocycles. The SMILES string of the molecule is CCCN(CCO)CC1(CNC2CC2)CCCC1. The van der Waals surface area contributed by atoms with Gasteiger partial charge >= 0.3 is 0 Å². The molecule has 3 nitrogen and oxygen atoms in total. The lowest BCUT2D eigenvalue weighted by Crippen LogP contribution is -2.44. The lowest BCUT2D eigenvalue weighted by molar-refractivity contribution is 0.124. The van der Waals surface area contributed by atoms with E-state index in [9.17, 15) is 5.11 Å². The second-order valence-electron chi connectivity index (χ2n) is 6.36. The molecule has 2 aliphatic carbocycles. The standard InChI is InChI=1S/C15H30N2O/c1-2-9-17(10-11-18)13-15(7-3-4-8-15)12-16-14-5-6-14/h14,16,18H,2-13H2,1H3. The monoisotopic (exact) mass is 254 g/mol. The highest BCUT2D eigenvalue weighted by molar-refractivity contribution is 4.92. The molecule has 0 atom stereocenters. The molecule has 106 valence electrons. The average Bonchev–Trinajstić information content (AvgIpc) is 3.08. The summed E-state index contributed by atoms with van der Waals surface area (Å²) in [4.78, 5) is 2.47. The number of aliphatic hydroxyl groups excluding tert-OH is 1. The van der Waals surface area contributed by atoms with Crippen LogP contribution in [0.2, 0.25) is 0 Å². The molecule has 0 spiro atoms. The predicted molar refractivity (Wildman–Crippen MR) is 75.7 cm³/mol. The Hall–Kier alpha value is -0.120. The average molecular weight is 254 g/mol. The number of nitrogens with one attached hydrogen (secondary N) is 1. The summed E-state index contributed by atoms with van der Waals surface area (Å²) in [6.45, 7) is 6.88. The Labute approximate surface area is 112 Å². The van der Waals surface area contributed by atoms with Gasteiger partial charge in [-0.25, -0.2) is 0 Å². The number of rotatable bonds is 9. The van der Waals surface area contributed by atoms with Crippen LogP contribution in [0.4, 0.5) is 0 Å². The Morgan fingerprint density at radius 3 is 2.50 bits per heavy atom. The van der Waals surface area contributed by atoms with Gasteiger partial charge in [-0.1, -0.05) is 19.8 Å². The van der Waals surface area contributed by atoms with Gasteiger partial charge in [0.2, 0.25) is 0 Å². The maximum atomic E-state index is 9.19. The molecular weight excluding hydrogens is 224 g/mol. The van der Waals surface area contributed by atoms with Crippen molar-refractivity contribution in [1.29, 1.82) is 0 Å². The van der Waals surface area contributed by atoms with E-state index in [0.717, 1.165) is 19.1 Å². The molecule has 2 N–H and O–H groups in total. The van der Waals surface area contributed by atoms with E-state index in [-0.39, 0.29) is 0 Å². The predicted octanol–water partition coefficient (Wildman–Crippen LogP) is 2.00. The molecule has 0 bridgehead atoms. The van der Waals surface area contributed by atoms with Crippen molar-refractivity contribution >= 4 is 0 Å². The van der Waals surface area contributed by atoms with Gasteiger partial charge in [0.15, 0.2) is 0 Å². The maximum absolute atomic E-state index is 9.19. The van der Waals surface area contributed by atoms with Crippen LogP contribution in [-0.2, 0) is 0 Å². The zero-order chi connectivity index (χ0) is 12.8. The van der Waals surface area contributed by atoms with Gasteiger partial charge in [0.05, 0.1) is 6.61 Å². The zero-order valence-corrected chi connectivity index (χ0v) is 12.0. The van der Waals surface area contributed by atoms with Crippen LogP contribution in [-0.4, -0.2) is 48.8 Å². The summed E-state index contributed by atoms with van der Waals surface area (Å²) in [5, 5.41) is 12.9. The van der Waals surface area contributed by atoms with E-state index in [1.165, 1.54) is 58.0 Å². The van der Waals surface area contributed by atoms with Gasteiger partial charge in [-0.15, -0.1) is 0 Å². The summed E-state index contributed by atoms with van der Waals surface area (Å²) in [5.41, 5.74) is 0.493. The molecule has 0 saturated heterocycles. The molecule has 0 amide bonds. The molecule has 0 radical (unpaired) electrons. The summed E-state index contributed by atoms with van der Waals surface area (Å²) in [7, 11) is 0. The van der Waals surface area contributed by atoms with Crippen molar-refractivity contribution in [3.63, 3.8) is 0 Å². The lowest BCUT2D eigenvalue weighted by atomic mass is 9.85. The van der Waals surface area contributed by atoms with Crippen LogP contribution in [0, 0.1) is 5.41 Å². The van der Waals surface area contributed by atoms with Crippen LogP contribution in [0.5, 0.6) is 0 Å². The van der Waals surface area contributed by atoms with Crippen molar-refractivity contribution in [2.75, 3.05) is 32.8 Å². The first-order chi connectivity index (χ1) is 8.78. The number of hydrogen-bond acceptors (Lipinski definition) is 3. The molecule has 0 aromatic heterocycles. The van der Waals surface area contributed by atoms with Crippen molar-refractivity contribution in [3.8, 4) is 0 Å². The molecule has 3 heteroatoms. The normalized spacial score (nSPS) is 22.8. The molecule has 2 fully saturated rings. The zero-order valence-electron chi connectivity index (χ0n) is 12.0. The third-order valence-corrected chi connectivity index (χ3v) is 4.52. The van der Waals surface area contributed by atoms with Crippen molar-refractivity contribution in [3.05, 3.63) is 0 Å².